The SMILES string of the molecule is C[C@]12CCC(=NO[C@@H]3CCNC3)CC1[C@@H](CO)C(=O)[C@@H]1[C@@H]2CC[C@]2(C)C(=O)CC[C@@H]12.O=C(O)/C=C/C(=O)O. The first-order valence-corrected chi connectivity index (χ1v) is 13.8. The van der Waals surface area contributed by atoms with Gasteiger partial charge in [-0.15, -0.1) is 0 Å². The second kappa shape index (κ2) is 11.3. The molecule has 4 aliphatic carbocycles. The van der Waals surface area contributed by atoms with Crippen molar-refractivity contribution in [2.45, 2.75) is 71.3 Å². The van der Waals surface area contributed by atoms with Gasteiger partial charge in [0.05, 0.1) is 12.3 Å². The summed E-state index contributed by atoms with van der Waals surface area (Å²) >= 11 is 0. The van der Waals surface area contributed by atoms with E-state index >= 15 is 0 Å². The quantitative estimate of drug-likeness (QED) is 0.308. The van der Waals surface area contributed by atoms with Gasteiger partial charge in [0.25, 0.3) is 0 Å². The molecule has 5 fully saturated rings. The van der Waals surface area contributed by atoms with Crippen LogP contribution in [0, 0.1) is 40.4 Å². The number of nitrogens with one attached hydrogen (secondary N) is 1. The van der Waals surface area contributed by atoms with Gasteiger partial charge in [-0.2, -0.15) is 0 Å². The van der Waals surface area contributed by atoms with Crippen molar-refractivity contribution in [3.05, 3.63) is 12.2 Å². The lowest BCUT2D eigenvalue weighted by molar-refractivity contribution is -0.166. The zero-order valence-corrected chi connectivity index (χ0v) is 22.2. The summed E-state index contributed by atoms with van der Waals surface area (Å²) in [5.41, 5.74) is 0.739. The molecule has 10 heteroatoms. The highest BCUT2D eigenvalue weighted by Crippen LogP contribution is 2.65. The van der Waals surface area contributed by atoms with Gasteiger partial charge in [-0.1, -0.05) is 19.0 Å². The topological polar surface area (TPSA) is 163 Å². The number of carbonyl (C=O) groups is 4. The fraction of sp³-hybridized carbons (Fsp3) is 0.750. The van der Waals surface area contributed by atoms with Crippen LogP contribution in [0.3, 0.4) is 0 Å². The minimum Gasteiger partial charge on any atom is -0.478 e. The minimum atomic E-state index is -1.26. The third-order valence-electron chi connectivity index (χ3n) is 10.2. The van der Waals surface area contributed by atoms with Crippen LogP contribution in [-0.4, -0.2) is 70.3 Å². The zero-order valence-electron chi connectivity index (χ0n) is 22.2. The molecule has 4 saturated carbocycles. The molecule has 1 saturated heterocycles. The third-order valence-corrected chi connectivity index (χ3v) is 10.2. The molecule has 4 N–H and O–H groups in total. The molecule has 0 aromatic carbocycles. The largest absolute Gasteiger partial charge is 0.478 e. The number of ketones is 2. The average Bonchev–Trinajstić information content (AvgIpc) is 3.50. The predicted octanol–water partition coefficient (Wildman–Crippen LogP) is 2.44. The summed E-state index contributed by atoms with van der Waals surface area (Å²) in [7, 11) is 0. The van der Waals surface area contributed by atoms with Gasteiger partial charge in [-0.25, -0.2) is 9.59 Å². The zero-order chi connectivity index (χ0) is 27.7. The number of oxime groups is 1. The summed E-state index contributed by atoms with van der Waals surface area (Å²) in [6, 6.07) is 0. The van der Waals surface area contributed by atoms with E-state index in [1.165, 1.54) is 0 Å². The summed E-state index contributed by atoms with van der Waals surface area (Å²) in [5, 5.41) is 33.7. The third kappa shape index (κ3) is 5.30. The molecule has 10 nitrogen and oxygen atoms in total. The maximum Gasteiger partial charge on any atom is 0.328 e. The molecule has 38 heavy (non-hydrogen) atoms. The van der Waals surface area contributed by atoms with Crippen LogP contribution in [0.15, 0.2) is 17.3 Å². The fourth-order valence-corrected chi connectivity index (χ4v) is 8.06. The fourth-order valence-electron chi connectivity index (χ4n) is 8.06. The molecule has 0 radical (unpaired) electrons. The van der Waals surface area contributed by atoms with Gasteiger partial charge in [0.2, 0.25) is 0 Å². The highest BCUT2D eigenvalue weighted by Gasteiger charge is 2.65. The van der Waals surface area contributed by atoms with Crippen LogP contribution in [0.1, 0.15) is 65.2 Å². The second-order valence-electron chi connectivity index (χ2n) is 12.1. The molecular formula is C28H40N2O8. The highest BCUT2D eigenvalue weighted by atomic mass is 16.6. The number of hydrogen-bond acceptors (Lipinski definition) is 8. The Bertz CT molecular complexity index is 1000. The van der Waals surface area contributed by atoms with E-state index < -0.39 is 11.9 Å². The number of carboxylic acid groups (broad SMARTS) is 2. The van der Waals surface area contributed by atoms with Crippen molar-refractivity contribution >= 4 is 29.2 Å². The van der Waals surface area contributed by atoms with Crippen LogP contribution in [-0.2, 0) is 24.0 Å². The minimum absolute atomic E-state index is 0.0207. The van der Waals surface area contributed by atoms with Crippen LogP contribution >= 0.6 is 0 Å². The number of fused-ring (bicyclic) bond motifs is 5. The first kappa shape index (κ1) is 28.4. The first-order chi connectivity index (χ1) is 18.0. The van der Waals surface area contributed by atoms with Gasteiger partial charge >= 0.3 is 11.9 Å². The number of aliphatic carboxylic acids is 2. The summed E-state index contributed by atoms with van der Waals surface area (Å²) in [6.45, 7) is 6.17. The number of Topliss-reactive ketones (excluding diaryl/α,β-unsaturated/α-hetero) is 2. The average molecular weight is 533 g/mol. The molecule has 1 unspecified atom stereocenters. The van der Waals surface area contributed by atoms with Crippen molar-refractivity contribution in [1.82, 2.24) is 5.32 Å². The van der Waals surface area contributed by atoms with E-state index in [-0.39, 0.29) is 53.0 Å². The van der Waals surface area contributed by atoms with E-state index in [2.05, 4.69) is 24.3 Å². The summed E-state index contributed by atoms with van der Waals surface area (Å²) in [5.74, 6) is -1.74. The van der Waals surface area contributed by atoms with Gasteiger partial charge in [-0.05, 0) is 68.2 Å². The van der Waals surface area contributed by atoms with Gasteiger partial charge in [0, 0.05) is 48.8 Å². The molecular weight excluding hydrogens is 492 g/mol. The van der Waals surface area contributed by atoms with E-state index in [0.29, 0.717) is 30.3 Å². The molecule has 8 atom stereocenters. The molecule has 0 spiro atoms. The van der Waals surface area contributed by atoms with Gasteiger partial charge < -0.3 is 25.5 Å². The van der Waals surface area contributed by atoms with Gasteiger partial charge in [-0.3, -0.25) is 9.59 Å². The number of carbonyl (C=O) groups excluding carboxylic acids is 2. The first-order valence-electron chi connectivity index (χ1n) is 13.8. The Labute approximate surface area is 222 Å². The molecule has 210 valence electrons. The Kier molecular flexibility index (Phi) is 8.42. The molecule has 0 amide bonds. The summed E-state index contributed by atoms with van der Waals surface area (Å²) in [6.07, 6.45) is 8.22. The Morgan fingerprint density at radius 3 is 2.34 bits per heavy atom. The molecule has 5 aliphatic rings. The van der Waals surface area contributed by atoms with Crippen LogP contribution in [0.2, 0.25) is 0 Å². The Hall–Kier alpha value is -2.59. The van der Waals surface area contributed by atoms with Crippen molar-refractivity contribution in [3.63, 3.8) is 0 Å². The van der Waals surface area contributed by atoms with Crippen LogP contribution < -0.4 is 5.32 Å². The smallest absolute Gasteiger partial charge is 0.328 e. The number of aliphatic hydroxyl groups is 1. The van der Waals surface area contributed by atoms with E-state index in [1.54, 1.807) is 0 Å². The van der Waals surface area contributed by atoms with Gasteiger partial charge in [0.1, 0.15) is 17.7 Å². The van der Waals surface area contributed by atoms with Crippen molar-refractivity contribution in [2.75, 3.05) is 19.7 Å². The normalized spacial score (nSPS) is 41.2. The summed E-state index contributed by atoms with van der Waals surface area (Å²) in [4.78, 5) is 51.2. The second-order valence-corrected chi connectivity index (χ2v) is 12.1. The maximum atomic E-state index is 13.7. The number of aliphatic hydroxyl groups excluding tert-OH is 1. The van der Waals surface area contributed by atoms with Crippen LogP contribution in [0.4, 0.5) is 0 Å². The number of nitrogens with zero attached hydrogens (tertiary/aromatic N) is 1. The number of carboxylic acids is 2. The Morgan fingerprint density at radius 1 is 1.03 bits per heavy atom. The Balaban J connectivity index is 0.000000368. The molecule has 0 aromatic rings. The number of rotatable bonds is 5. The Morgan fingerprint density at radius 2 is 1.74 bits per heavy atom. The lowest BCUT2D eigenvalue weighted by Gasteiger charge is -2.60. The van der Waals surface area contributed by atoms with Crippen molar-refractivity contribution < 1.29 is 39.3 Å². The summed E-state index contributed by atoms with van der Waals surface area (Å²) < 4.78 is 0. The molecule has 1 aliphatic heterocycles. The van der Waals surface area contributed by atoms with E-state index in [4.69, 9.17) is 15.1 Å². The standard InChI is InChI=1S/C24H36N2O4.C4H4O4/c1-23-8-5-14(26-30-15-7-10-25-12-15)11-19(23)16(13-27)22(29)21-17-3-4-20(28)24(17,2)9-6-18(21)23;5-3(6)1-2-4(7)8/h15-19,21,25,27H,3-13H2,1-2H3;1-2H,(H,5,6)(H,7,8)/b;2-1+/t15-,16-,17+,18+,19?,21+,23-,24+;/m1./s1. The van der Waals surface area contributed by atoms with E-state index in [0.717, 1.165) is 63.7 Å². The number of hydrogen-bond donors (Lipinski definition) is 4. The molecule has 5 rings (SSSR count). The predicted molar refractivity (Wildman–Crippen MR) is 137 cm³/mol. The lowest BCUT2D eigenvalue weighted by atomic mass is 9.43. The van der Waals surface area contributed by atoms with Gasteiger partial charge in [0.15, 0.2) is 0 Å². The monoisotopic (exact) mass is 532 g/mol. The van der Waals surface area contributed by atoms with Crippen molar-refractivity contribution in [2.24, 2.45) is 45.6 Å². The molecule has 1 heterocycles. The molecule has 0 bridgehead atoms. The van der Waals surface area contributed by atoms with Crippen LogP contribution in [0.25, 0.3) is 0 Å². The van der Waals surface area contributed by atoms with Crippen molar-refractivity contribution in [1.29, 1.82) is 0 Å². The maximum absolute atomic E-state index is 13.7. The molecule has 0 aromatic heterocycles. The van der Waals surface area contributed by atoms with E-state index in [1.807, 2.05) is 0 Å². The highest BCUT2D eigenvalue weighted by molar-refractivity contribution is 5.93. The lowest BCUT2D eigenvalue weighted by Crippen LogP contribution is -2.61. The van der Waals surface area contributed by atoms with E-state index in [9.17, 15) is 24.3 Å². The van der Waals surface area contributed by atoms with Crippen molar-refractivity contribution in [3.8, 4) is 0 Å². The van der Waals surface area contributed by atoms with Crippen LogP contribution in [0.5, 0.6) is 0 Å².